The first-order chi connectivity index (χ1) is 14.1. The highest BCUT2D eigenvalue weighted by molar-refractivity contribution is 6.31. The fourth-order valence-corrected chi connectivity index (χ4v) is 3.31. The maximum atomic E-state index is 6.39. The van der Waals surface area contributed by atoms with Gasteiger partial charge in [0.25, 0.3) is 0 Å². The minimum Gasteiger partial charge on any atom is -0.493 e. The number of hydrogen-bond acceptors (Lipinski definition) is 5. The highest BCUT2D eigenvalue weighted by Crippen LogP contribution is 2.34. The molecule has 0 aliphatic rings. The molecule has 2 rings (SSSR count). The molecular weight excluding hydrogens is 390 g/mol. The lowest BCUT2D eigenvalue weighted by atomic mass is 10.1. The molecule has 160 valence electrons. The molecule has 2 aromatic carbocycles. The van der Waals surface area contributed by atoms with Crippen LogP contribution in [0.5, 0.6) is 23.0 Å². The van der Waals surface area contributed by atoms with Crippen molar-refractivity contribution in [2.24, 2.45) is 0 Å². The summed E-state index contributed by atoms with van der Waals surface area (Å²) in [5.74, 6) is 2.83. The first kappa shape index (κ1) is 23.2. The molecule has 0 unspecified atom stereocenters. The van der Waals surface area contributed by atoms with Crippen molar-refractivity contribution in [2.75, 3.05) is 27.9 Å². The van der Waals surface area contributed by atoms with Crippen molar-refractivity contribution in [1.29, 1.82) is 0 Å². The summed E-state index contributed by atoms with van der Waals surface area (Å²) < 4.78 is 22.2. The van der Waals surface area contributed by atoms with Crippen LogP contribution in [0.4, 0.5) is 0 Å². The first-order valence-corrected chi connectivity index (χ1v) is 10.4. The van der Waals surface area contributed by atoms with Crippen LogP contribution >= 0.6 is 11.6 Å². The van der Waals surface area contributed by atoms with Crippen LogP contribution in [0.1, 0.15) is 43.7 Å². The van der Waals surface area contributed by atoms with E-state index in [0.29, 0.717) is 36.2 Å². The average Bonchev–Trinajstić information content (AvgIpc) is 2.74. The van der Waals surface area contributed by atoms with E-state index in [2.05, 4.69) is 12.2 Å². The summed E-state index contributed by atoms with van der Waals surface area (Å²) in [7, 11) is 4.88. The molecule has 0 atom stereocenters. The van der Waals surface area contributed by atoms with Crippen molar-refractivity contribution < 1.29 is 18.9 Å². The van der Waals surface area contributed by atoms with Gasteiger partial charge in [-0.15, -0.1) is 0 Å². The average molecular weight is 422 g/mol. The first-order valence-electron chi connectivity index (χ1n) is 10.0. The third-order valence-electron chi connectivity index (χ3n) is 4.71. The molecule has 0 fully saturated rings. The molecule has 0 bridgehead atoms. The summed E-state index contributed by atoms with van der Waals surface area (Å²) >= 11 is 6.39. The Morgan fingerprint density at radius 1 is 0.828 bits per heavy atom. The molecule has 0 spiro atoms. The third-order valence-corrected chi connectivity index (χ3v) is 5.06. The quantitative estimate of drug-likeness (QED) is 0.425. The summed E-state index contributed by atoms with van der Waals surface area (Å²) in [6.07, 6.45) is 4.66. The van der Waals surface area contributed by atoms with Gasteiger partial charge >= 0.3 is 0 Å². The molecule has 2 aromatic rings. The van der Waals surface area contributed by atoms with E-state index in [0.717, 1.165) is 29.0 Å². The van der Waals surface area contributed by atoms with Crippen LogP contribution in [0, 0.1) is 0 Å². The van der Waals surface area contributed by atoms with Gasteiger partial charge in [0.1, 0.15) is 0 Å². The largest absolute Gasteiger partial charge is 0.493 e. The molecule has 0 amide bonds. The van der Waals surface area contributed by atoms with E-state index in [1.807, 2.05) is 24.3 Å². The standard InChI is InChI=1S/C23H32ClNO4/c1-5-6-7-8-12-29-23-17(10-9-11-20(23)26-2)15-25-16-18-13-21(27-3)22(28-4)14-19(18)24/h9-11,13-14,25H,5-8,12,15-16H2,1-4H3. The number of benzene rings is 2. The fraction of sp³-hybridized carbons (Fsp3) is 0.478. The summed E-state index contributed by atoms with van der Waals surface area (Å²) in [6.45, 7) is 4.11. The Hall–Kier alpha value is -2.11. The molecule has 0 aliphatic heterocycles. The van der Waals surface area contributed by atoms with Crippen molar-refractivity contribution in [3.8, 4) is 23.0 Å². The molecule has 0 heterocycles. The van der Waals surface area contributed by atoms with E-state index in [4.69, 9.17) is 30.5 Å². The number of methoxy groups -OCH3 is 3. The number of para-hydroxylation sites is 1. The van der Waals surface area contributed by atoms with Gasteiger partial charge in [-0.25, -0.2) is 0 Å². The number of unbranched alkanes of at least 4 members (excludes halogenated alkanes) is 3. The van der Waals surface area contributed by atoms with Crippen LogP contribution in [0.3, 0.4) is 0 Å². The van der Waals surface area contributed by atoms with Crippen molar-refractivity contribution in [2.45, 2.75) is 45.7 Å². The van der Waals surface area contributed by atoms with Gasteiger partial charge in [0.2, 0.25) is 0 Å². The highest BCUT2D eigenvalue weighted by atomic mass is 35.5. The van der Waals surface area contributed by atoms with Crippen molar-refractivity contribution in [3.63, 3.8) is 0 Å². The second kappa shape index (κ2) is 12.5. The Kier molecular flexibility index (Phi) is 9.95. The van der Waals surface area contributed by atoms with Gasteiger partial charge in [0.15, 0.2) is 23.0 Å². The van der Waals surface area contributed by atoms with Crippen LogP contribution in [0.15, 0.2) is 30.3 Å². The number of rotatable bonds is 13. The lowest BCUT2D eigenvalue weighted by molar-refractivity contribution is 0.281. The summed E-state index contributed by atoms with van der Waals surface area (Å²) in [5, 5.41) is 4.07. The molecule has 1 N–H and O–H groups in total. The fourth-order valence-electron chi connectivity index (χ4n) is 3.09. The van der Waals surface area contributed by atoms with Gasteiger partial charge in [-0.05, 0) is 24.1 Å². The van der Waals surface area contributed by atoms with Gasteiger partial charge in [-0.1, -0.05) is 49.9 Å². The third kappa shape index (κ3) is 6.72. The molecule has 5 nitrogen and oxygen atoms in total. The Labute approximate surface area is 179 Å². The molecule has 0 saturated carbocycles. The van der Waals surface area contributed by atoms with E-state index in [1.54, 1.807) is 27.4 Å². The van der Waals surface area contributed by atoms with Gasteiger partial charge in [0.05, 0.1) is 27.9 Å². The van der Waals surface area contributed by atoms with Crippen molar-refractivity contribution >= 4 is 11.6 Å². The molecule has 0 aromatic heterocycles. The lowest BCUT2D eigenvalue weighted by Crippen LogP contribution is -2.14. The summed E-state index contributed by atoms with van der Waals surface area (Å²) in [6, 6.07) is 9.62. The van der Waals surface area contributed by atoms with Crippen molar-refractivity contribution in [3.05, 3.63) is 46.5 Å². The molecule has 29 heavy (non-hydrogen) atoms. The van der Waals surface area contributed by atoms with Crippen LogP contribution in [0.2, 0.25) is 5.02 Å². The van der Waals surface area contributed by atoms with E-state index in [-0.39, 0.29) is 0 Å². The Bertz CT molecular complexity index is 767. The molecular formula is C23H32ClNO4. The Balaban J connectivity index is 2.03. The van der Waals surface area contributed by atoms with E-state index >= 15 is 0 Å². The lowest BCUT2D eigenvalue weighted by Gasteiger charge is -2.16. The van der Waals surface area contributed by atoms with Crippen LogP contribution in [-0.2, 0) is 13.1 Å². The van der Waals surface area contributed by atoms with Crippen LogP contribution in [-0.4, -0.2) is 27.9 Å². The molecule has 6 heteroatoms. The zero-order valence-electron chi connectivity index (χ0n) is 17.8. The maximum Gasteiger partial charge on any atom is 0.165 e. The predicted octanol–water partition coefficient (Wildman–Crippen LogP) is 5.61. The summed E-state index contributed by atoms with van der Waals surface area (Å²) in [4.78, 5) is 0. The predicted molar refractivity (Wildman–Crippen MR) is 118 cm³/mol. The zero-order valence-corrected chi connectivity index (χ0v) is 18.6. The second-order valence-electron chi connectivity index (χ2n) is 6.76. The Morgan fingerprint density at radius 3 is 2.21 bits per heavy atom. The minimum absolute atomic E-state index is 0.590. The van der Waals surface area contributed by atoms with E-state index < -0.39 is 0 Å². The Morgan fingerprint density at radius 2 is 1.52 bits per heavy atom. The molecule has 0 radical (unpaired) electrons. The van der Waals surface area contributed by atoms with Crippen LogP contribution < -0.4 is 24.3 Å². The smallest absolute Gasteiger partial charge is 0.165 e. The SMILES string of the molecule is CCCCCCOc1c(CNCc2cc(OC)c(OC)cc2Cl)cccc1OC. The number of hydrogen-bond donors (Lipinski definition) is 1. The van der Waals surface area contributed by atoms with E-state index in [1.165, 1.54) is 19.3 Å². The number of nitrogens with one attached hydrogen (secondary N) is 1. The summed E-state index contributed by atoms with van der Waals surface area (Å²) in [5.41, 5.74) is 1.99. The molecule has 0 saturated heterocycles. The molecule has 0 aliphatic carbocycles. The van der Waals surface area contributed by atoms with Gasteiger partial charge in [0, 0.05) is 29.7 Å². The van der Waals surface area contributed by atoms with Crippen LogP contribution in [0.25, 0.3) is 0 Å². The number of halogens is 1. The monoisotopic (exact) mass is 421 g/mol. The number of ether oxygens (including phenoxy) is 4. The van der Waals surface area contributed by atoms with Crippen molar-refractivity contribution in [1.82, 2.24) is 5.32 Å². The highest BCUT2D eigenvalue weighted by Gasteiger charge is 2.12. The second-order valence-corrected chi connectivity index (χ2v) is 7.17. The van der Waals surface area contributed by atoms with Gasteiger partial charge < -0.3 is 24.3 Å². The van der Waals surface area contributed by atoms with Gasteiger partial charge in [-0.3, -0.25) is 0 Å². The topological polar surface area (TPSA) is 49.0 Å². The minimum atomic E-state index is 0.590. The normalized spacial score (nSPS) is 10.7. The van der Waals surface area contributed by atoms with Gasteiger partial charge in [-0.2, -0.15) is 0 Å². The van der Waals surface area contributed by atoms with E-state index in [9.17, 15) is 0 Å². The maximum absolute atomic E-state index is 6.39. The zero-order chi connectivity index (χ0) is 21.1.